The van der Waals surface area contributed by atoms with Crippen LogP contribution in [0.5, 0.6) is 0 Å². The molecule has 11 amide bonds. The van der Waals surface area contributed by atoms with Gasteiger partial charge in [-0.25, -0.2) is 9.78 Å². The summed E-state index contributed by atoms with van der Waals surface area (Å²) in [4.78, 5) is 151. The average molecular weight is 1230 g/mol. The van der Waals surface area contributed by atoms with E-state index >= 15 is 0 Å². The van der Waals surface area contributed by atoms with Gasteiger partial charge in [0.15, 0.2) is 0 Å². The predicted octanol–water partition coefficient (Wildman–Crippen LogP) is 3.04. The van der Waals surface area contributed by atoms with Gasteiger partial charge in [-0.15, -0.1) is 11.3 Å². The van der Waals surface area contributed by atoms with Crippen molar-refractivity contribution in [2.75, 3.05) is 71.3 Å². The third-order valence-electron chi connectivity index (χ3n) is 15.4. The number of ether oxygens (including phenoxy) is 4. The van der Waals surface area contributed by atoms with Gasteiger partial charge in [-0.1, -0.05) is 65.3 Å². The quantitative estimate of drug-likeness (QED) is 0.0431. The van der Waals surface area contributed by atoms with E-state index < -0.39 is 104 Å². The molecule has 1 unspecified atom stereocenters. The molecule has 2 saturated heterocycles. The Morgan fingerprint density at radius 2 is 1.45 bits per heavy atom. The van der Waals surface area contributed by atoms with Gasteiger partial charge in [-0.05, 0) is 80.3 Å². The second-order valence-electron chi connectivity index (χ2n) is 22.5. The number of hydrogen-bond donors (Lipinski definition) is 7. The van der Waals surface area contributed by atoms with E-state index in [0.717, 1.165) is 17.0 Å². The summed E-state index contributed by atoms with van der Waals surface area (Å²) in [5.41, 5.74) is 0.692. The molecule has 2 aromatic carbocycles. The number of aryl methyl sites for hydroxylation is 1. The number of imide groups is 1. The summed E-state index contributed by atoms with van der Waals surface area (Å²) in [7, 11) is 4.61. The molecular formula is C60H85N11O15S. The average Bonchev–Trinajstić information content (AvgIpc) is 2.71. The van der Waals surface area contributed by atoms with Gasteiger partial charge in [-0.3, -0.25) is 52.8 Å². The number of nitrogens with one attached hydrogen (secondary N) is 7. The van der Waals surface area contributed by atoms with E-state index in [1.54, 1.807) is 87.4 Å². The standard InChI is InChI=1S/C60H85N11O15S/c1-11-37(4)54(44(83-9)29-51(77)70-26-12-13-43(70)55(84-10)38(5)56(79)63-31-48-61-25-28-87-48)69(8)52(78)32-64-58(81)60(6,7)68-59(82)86-33-40-16-21-41(22-17-40)65-45(72)30-62-57(80)53(36(2)3)67-47(74)35-85-34-46(73)66-42-19-14-39(15-20-42)18-23-49(75)71-27-24-50(71)76/h14-17,19-22,25,28,36-38,43-44,53-55H,11-13,18,23-24,26-27,29-35H2,1-10H3,(H,62,80)(H,63,79)(H,64,81)(H,65,72)(H,66,73)(H,67,74)(H,68,82)/t37-,38+,43-,44+,53?,54-,55+/m0/s1. The van der Waals surface area contributed by atoms with Crippen LogP contribution < -0.4 is 37.2 Å². The Kier molecular flexibility index (Phi) is 27.2. The first-order valence-electron chi connectivity index (χ1n) is 29.1. The van der Waals surface area contributed by atoms with Crippen molar-refractivity contribution in [3.05, 3.63) is 76.2 Å². The van der Waals surface area contributed by atoms with Gasteiger partial charge in [0, 0.05) is 70.2 Å². The number of alkyl carbamates (subject to hydrolysis) is 1. The van der Waals surface area contributed by atoms with E-state index in [2.05, 4.69) is 42.2 Å². The number of rotatable bonds is 33. The highest BCUT2D eigenvalue weighted by Crippen LogP contribution is 2.30. The molecule has 2 fully saturated rings. The van der Waals surface area contributed by atoms with E-state index in [0.29, 0.717) is 62.3 Å². The Hall–Kier alpha value is -7.88. The van der Waals surface area contributed by atoms with Crippen molar-refractivity contribution in [3.63, 3.8) is 0 Å². The fourth-order valence-electron chi connectivity index (χ4n) is 10.1. The van der Waals surface area contributed by atoms with E-state index in [9.17, 15) is 52.7 Å². The van der Waals surface area contributed by atoms with Crippen LogP contribution in [0.4, 0.5) is 16.2 Å². The van der Waals surface area contributed by atoms with Crippen LogP contribution in [-0.4, -0.2) is 181 Å². The molecule has 3 aromatic rings. The van der Waals surface area contributed by atoms with Crippen molar-refractivity contribution >= 4 is 87.9 Å². The van der Waals surface area contributed by atoms with Gasteiger partial charge < -0.3 is 66.0 Å². The number of carbonyl (C=O) groups excluding carboxylic acids is 11. The first-order chi connectivity index (χ1) is 41.3. The minimum atomic E-state index is -1.53. The van der Waals surface area contributed by atoms with Crippen LogP contribution in [0.3, 0.4) is 0 Å². The smallest absolute Gasteiger partial charge is 0.408 e. The highest BCUT2D eigenvalue weighted by atomic mass is 32.1. The molecule has 476 valence electrons. The number of carbonyl (C=O) groups is 11. The lowest BCUT2D eigenvalue weighted by molar-refractivity contribution is -0.152. The topological polar surface area (TPSA) is 332 Å². The van der Waals surface area contributed by atoms with Gasteiger partial charge in [0.25, 0.3) is 0 Å². The number of methoxy groups -OCH3 is 2. The molecule has 3 heterocycles. The van der Waals surface area contributed by atoms with E-state index in [1.165, 1.54) is 49.2 Å². The Bertz CT molecular complexity index is 2850. The second-order valence-corrected chi connectivity index (χ2v) is 23.5. The third-order valence-corrected chi connectivity index (χ3v) is 16.1. The Morgan fingerprint density at radius 3 is 2.03 bits per heavy atom. The van der Waals surface area contributed by atoms with Gasteiger partial charge in [0.1, 0.15) is 36.4 Å². The van der Waals surface area contributed by atoms with Gasteiger partial charge in [-0.2, -0.15) is 0 Å². The molecule has 0 saturated carbocycles. The number of likely N-dealkylation sites (tertiary alicyclic amines) is 2. The molecule has 26 nitrogen and oxygen atoms in total. The fourth-order valence-corrected chi connectivity index (χ4v) is 10.6. The zero-order valence-electron chi connectivity index (χ0n) is 51.3. The summed E-state index contributed by atoms with van der Waals surface area (Å²) in [6, 6.07) is 11.2. The summed E-state index contributed by atoms with van der Waals surface area (Å²) in [6.45, 7) is 11.2. The van der Waals surface area contributed by atoms with E-state index in [1.807, 2.05) is 19.2 Å². The van der Waals surface area contributed by atoms with Crippen molar-refractivity contribution in [2.24, 2.45) is 17.8 Å². The number of nitrogens with zero attached hydrogens (tertiary/aromatic N) is 4. The van der Waals surface area contributed by atoms with Crippen LogP contribution in [0.15, 0.2) is 60.1 Å². The molecule has 2 aliphatic heterocycles. The number of hydrogen-bond acceptors (Lipinski definition) is 17. The lowest BCUT2D eigenvalue weighted by atomic mass is 9.90. The molecule has 87 heavy (non-hydrogen) atoms. The number of likely N-dealkylation sites (N-methyl/N-ethyl adjacent to an activating group) is 1. The number of amides is 11. The molecule has 0 bridgehead atoms. The molecular weight excluding hydrogens is 1150 g/mol. The van der Waals surface area contributed by atoms with Gasteiger partial charge >= 0.3 is 6.09 Å². The summed E-state index contributed by atoms with van der Waals surface area (Å²) < 4.78 is 22.5. The van der Waals surface area contributed by atoms with Crippen molar-refractivity contribution in [1.29, 1.82) is 0 Å². The number of aromatic nitrogens is 1. The molecule has 0 spiro atoms. The monoisotopic (exact) mass is 1230 g/mol. The number of anilines is 2. The summed E-state index contributed by atoms with van der Waals surface area (Å²) in [6.07, 6.45) is 2.43. The van der Waals surface area contributed by atoms with Gasteiger partial charge in [0.2, 0.25) is 59.1 Å². The number of benzene rings is 2. The third kappa shape index (κ3) is 21.2. The highest BCUT2D eigenvalue weighted by Gasteiger charge is 2.42. The van der Waals surface area contributed by atoms with Gasteiger partial charge in [0.05, 0.1) is 56.3 Å². The number of β-lactam (4-membered cyclic amide) rings is 1. The lowest BCUT2D eigenvalue weighted by Gasteiger charge is -2.39. The second kappa shape index (κ2) is 33.9. The molecule has 5 rings (SSSR count). The van der Waals surface area contributed by atoms with Crippen LogP contribution in [0.1, 0.15) is 103 Å². The maximum absolute atomic E-state index is 14.1. The Labute approximate surface area is 511 Å². The number of thiazole rings is 1. The van der Waals surface area contributed by atoms with Crippen molar-refractivity contribution in [2.45, 2.75) is 142 Å². The SMILES string of the molecule is CC[C@H](C)[C@@H]([C@@H](CC(=O)N1CCC[C@H]1[C@H](OC)[C@@H](C)C(=O)NCc1nccs1)OC)N(C)C(=O)CNC(=O)C(C)(C)NC(=O)OCc1ccc(NC(=O)CNC(=O)C(NC(=O)COCC(=O)Nc2ccc(CCC(=O)N3CCC3=O)cc2)C(C)C)cc1. The Morgan fingerprint density at radius 1 is 0.793 bits per heavy atom. The summed E-state index contributed by atoms with van der Waals surface area (Å²) in [5.74, 6) is -5.40. The molecule has 2 aliphatic rings. The normalized spacial score (nSPS) is 16.0. The summed E-state index contributed by atoms with van der Waals surface area (Å²) >= 11 is 1.44. The molecule has 7 atom stereocenters. The van der Waals surface area contributed by atoms with Crippen LogP contribution in [0.25, 0.3) is 0 Å². The minimum Gasteiger partial charge on any atom is -0.445 e. The van der Waals surface area contributed by atoms with Crippen molar-refractivity contribution in [3.8, 4) is 0 Å². The molecule has 0 aliphatic carbocycles. The Balaban J connectivity index is 0.994. The van der Waals surface area contributed by atoms with E-state index in [-0.39, 0.29) is 61.0 Å². The maximum atomic E-state index is 14.1. The minimum absolute atomic E-state index is 0.0515. The van der Waals surface area contributed by atoms with E-state index in [4.69, 9.17) is 18.9 Å². The van der Waals surface area contributed by atoms with Crippen molar-refractivity contribution in [1.82, 2.24) is 46.3 Å². The summed E-state index contributed by atoms with van der Waals surface area (Å²) in [5, 5.41) is 21.0. The molecule has 27 heteroatoms. The van der Waals surface area contributed by atoms with Crippen molar-refractivity contribution < 1.29 is 71.7 Å². The first kappa shape index (κ1) is 69.9. The zero-order chi connectivity index (χ0) is 64.0. The maximum Gasteiger partial charge on any atom is 0.408 e. The van der Waals surface area contributed by atoms with Crippen LogP contribution in [0.2, 0.25) is 0 Å². The molecule has 0 radical (unpaired) electrons. The first-order valence-corrected chi connectivity index (χ1v) is 30.0. The van der Waals surface area contributed by atoms with Crippen LogP contribution >= 0.6 is 11.3 Å². The highest BCUT2D eigenvalue weighted by molar-refractivity contribution is 7.09. The largest absolute Gasteiger partial charge is 0.445 e. The lowest BCUT2D eigenvalue weighted by Crippen LogP contribution is -2.57. The predicted molar refractivity (Wildman–Crippen MR) is 321 cm³/mol. The van der Waals surface area contributed by atoms with Crippen LogP contribution in [-0.2, 0) is 86.5 Å². The van der Waals surface area contributed by atoms with Crippen LogP contribution in [0, 0.1) is 17.8 Å². The zero-order valence-corrected chi connectivity index (χ0v) is 52.1. The fraction of sp³-hybridized carbons (Fsp3) is 0.567. The molecule has 7 N–H and O–H groups in total. The molecule has 1 aromatic heterocycles.